The minimum Gasteiger partial charge on any atom is -0.453 e. The quantitative estimate of drug-likeness (QED) is 0.159. The fraction of sp³-hybridized carbons (Fsp3) is 0.0820. The molecule has 3 nitrogen and oxygen atoms in total. The summed E-state index contributed by atoms with van der Waals surface area (Å²) in [6, 6.07) is 62.5. The number of nitrogens with zero attached hydrogens (tertiary/aromatic N) is 2. The lowest BCUT2D eigenvalue weighted by atomic mass is 9.85. The highest BCUT2D eigenvalue weighted by atomic mass is 32.2. The number of para-hydroxylation sites is 2. The lowest BCUT2D eigenvalue weighted by Crippen LogP contribution is -2.15. The Labute approximate surface area is 392 Å². The maximum atomic E-state index is 7.29. The fourth-order valence-electron chi connectivity index (χ4n) is 10.7. The zero-order chi connectivity index (χ0) is 44.0. The van der Waals surface area contributed by atoms with Gasteiger partial charge in [0.25, 0.3) is 0 Å². The number of thioether (sulfide) groups is 1. The Balaban J connectivity index is 0.971. The van der Waals surface area contributed by atoms with E-state index in [-0.39, 0.29) is 5.92 Å². The standard InChI is InChI=1S/C61H44N2OS2/c1-4-14-52-38(3)57-53(63(52)51-23-8-5-15-37(51)2)36-35-48-47-20-13-24-54(58(47)64-59(48)57)62(41-31-27-39(28-32-41)43-18-11-21-49-45-16-6-9-25-55(45)65-60(43)49)42-33-29-40(30-34-42)44-19-12-22-50-46-17-7-10-26-56(46)66-61(44)50/h4-36,43,60H,1-3H3/b14-4-/t43-,60?/m1/s1. The molecule has 1 unspecified atom stereocenters. The molecule has 0 spiro atoms. The van der Waals surface area contributed by atoms with Gasteiger partial charge in [-0.3, -0.25) is 0 Å². The summed E-state index contributed by atoms with van der Waals surface area (Å²) in [7, 11) is 0. The molecule has 0 N–H and O–H groups in total. The van der Waals surface area contributed by atoms with Gasteiger partial charge in [0.1, 0.15) is 5.58 Å². The van der Waals surface area contributed by atoms with Crippen LogP contribution in [0.25, 0.3) is 81.5 Å². The van der Waals surface area contributed by atoms with E-state index in [1.54, 1.807) is 0 Å². The molecular formula is C61H44N2OS2. The molecule has 3 aromatic heterocycles. The zero-order valence-corrected chi connectivity index (χ0v) is 38.5. The van der Waals surface area contributed by atoms with Crippen molar-refractivity contribution in [1.82, 2.24) is 4.57 Å². The van der Waals surface area contributed by atoms with Crippen molar-refractivity contribution < 1.29 is 4.42 Å². The minimum absolute atomic E-state index is 0.268. The molecule has 316 valence electrons. The average molecular weight is 885 g/mol. The first-order chi connectivity index (χ1) is 32.5. The first kappa shape index (κ1) is 39.1. The molecule has 2 aliphatic rings. The molecule has 5 heteroatoms. The highest BCUT2D eigenvalue weighted by molar-refractivity contribution is 8.01. The van der Waals surface area contributed by atoms with Gasteiger partial charge in [0.15, 0.2) is 5.58 Å². The number of allylic oxidation sites excluding steroid dienone is 4. The molecule has 66 heavy (non-hydrogen) atoms. The Morgan fingerprint density at radius 3 is 2.20 bits per heavy atom. The summed E-state index contributed by atoms with van der Waals surface area (Å²) >= 11 is 3.86. The number of furan rings is 1. The van der Waals surface area contributed by atoms with Crippen LogP contribution in [0, 0.1) is 13.8 Å². The van der Waals surface area contributed by atoms with Crippen LogP contribution in [0.3, 0.4) is 0 Å². The molecule has 11 aromatic rings. The molecular weight excluding hydrogens is 841 g/mol. The molecule has 4 heterocycles. The third-order valence-corrected chi connectivity index (χ3v) is 16.5. The fourth-order valence-corrected chi connectivity index (χ4v) is 13.4. The smallest absolute Gasteiger partial charge is 0.159 e. The van der Waals surface area contributed by atoms with Crippen molar-refractivity contribution in [3.8, 4) is 16.8 Å². The summed E-state index contributed by atoms with van der Waals surface area (Å²) in [5.74, 6) is 0.268. The van der Waals surface area contributed by atoms with Gasteiger partial charge in [-0.05, 0) is 126 Å². The number of aryl methyl sites for hydroxylation is 2. The van der Waals surface area contributed by atoms with Crippen LogP contribution < -0.4 is 4.90 Å². The zero-order valence-electron chi connectivity index (χ0n) is 36.8. The molecule has 1 aliphatic carbocycles. The highest BCUT2D eigenvalue weighted by Crippen LogP contribution is 2.53. The molecule has 0 saturated heterocycles. The Morgan fingerprint density at radius 1 is 0.636 bits per heavy atom. The van der Waals surface area contributed by atoms with Gasteiger partial charge >= 0.3 is 0 Å². The van der Waals surface area contributed by atoms with E-state index >= 15 is 0 Å². The van der Waals surface area contributed by atoms with Gasteiger partial charge in [-0.15, -0.1) is 23.1 Å². The van der Waals surface area contributed by atoms with Crippen molar-refractivity contribution in [3.05, 3.63) is 222 Å². The first-order valence-electron chi connectivity index (χ1n) is 22.8. The number of fused-ring (bicyclic) bond motifs is 11. The van der Waals surface area contributed by atoms with Crippen LogP contribution in [-0.4, -0.2) is 9.82 Å². The van der Waals surface area contributed by atoms with Gasteiger partial charge < -0.3 is 13.9 Å². The number of aromatic nitrogens is 1. The molecule has 13 rings (SSSR count). The van der Waals surface area contributed by atoms with Crippen LogP contribution in [0.2, 0.25) is 0 Å². The number of rotatable bonds is 7. The number of hydrogen-bond acceptors (Lipinski definition) is 4. The summed E-state index contributed by atoms with van der Waals surface area (Å²) < 4.78 is 12.3. The third-order valence-electron chi connectivity index (χ3n) is 13.8. The molecule has 0 amide bonds. The number of thiophene rings is 1. The largest absolute Gasteiger partial charge is 0.453 e. The van der Waals surface area contributed by atoms with Crippen LogP contribution in [0.15, 0.2) is 203 Å². The van der Waals surface area contributed by atoms with Crippen molar-refractivity contribution in [2.75, 3.05) is 4.90 Å². The van der Waals surface area contributed by atoms with E-state index in [4.69, 9.17) is 4.42 Å². The number of hydrogen-bond donors (Lipinski definition) is 0. The Morgan fingerprint density at radius 2 is 1.35 bits per heavy atom. The number of benzene rings is 8. The normalized spacial score (nSPS) is 15.7. The summed E-state index contributed by atoms with van der Waals surface area (Å²) in [6.07, 6.45) is 11.3. The van der Waals surface area contributed by atoms with Crippen molar-refractivity contribution in [3.63, 3.8) is 0 Å². The topological polar surface area (TPSA) is 21.3 Å². The number of anilines is 3. The monoisotopic (exact) mass is 884 g/mol. The molecule has 0 radical (unpaired) electrons. The highest BCUT2D eigenvalue weighted by Gasteiger charge is 2.35. The van der Waals surface area contributed by atoms with Gasteiger partial charge in [-0.1, -0.05) is 133 Å². The van der Waals surface area contributed by atoms with Crippen molar-refractivity contribution in [1.29, 1.82) is 0 Å². The van der Waals surface area contributed by atoms with Crippen LogP contribution >= 0.6 is 23.1 Å². The Hall–Kier alpha value is -7.31. The molecule has 0 saturated carbocycles. The van der Waals surface area contributed by atoms with Crippen LogP contribution in [0.5, 0.6) is 0 Å². The van der Waals surface area contributed by atoms with Crippen molar-refractivity contribution in [2.45, 2.75) is 36.8 Å². The lowest BCUT2D eigenvalue weighted by Gasteiger charge is -2.28. The molecule has 8 aromatic carbocycles. The second-order valence-corrected chi connectivity index (χ2v) is 19.8. The maximum absolute atomic E-state index is 7.29. The van der Waals surface area contributed by atoms with Crippen molar-refractivity contribution in [2.24, 2.45) is 0 Å². The Bertz CT molecular complexity index is 3840. The summed E-state index contributed by atoms with van der Waals surface area (Å²) in [5, 5.41) is 6.32. The maximum Gasteiger partial charge on any atom is 0.159 e. The van der Waals surface area contributed by atoms with E-state index in [2.05, 4.69) is 230 Å². The SMILES string of the molecule is C/C=C\c1c(C)c2c3oc4c(N(c5ccc(-c6cccc7c6sc6ccccc67)cc5)c5ccc([C@H]6C=CC=C7c8ccccc8SC76)cc5)cccc4c3ccc2n1-c1ccccc1C. The summed E-state index contributed by atoms with van der Waals surface area (Å²) in [4.78, 5) is 3.75. The summed E-state index contributed by atoms with van der Waals surface area (Å²) in [5.41, 5.74) is 17.4. The van der Waals surface area contributed by atoms with E-state index in [9.17, 15) is 0 Å². The van der Waals surface area contributed by atoms with Gasteiger partial charge in [0, 0.05) is 75.2 Å². The minimum atomic E-state index is 0.268. The first-order valence-corrected chi connectivity index (χ1v) is 24.5. The van der Waals surface area contributed by atoms with Crippen LogP contribution in [0.4, 0.5) is 17.1 Å². The molecule has 0 fully saturated rings. The third kappa shape index (κ3) is 5.96. The van der Waals surface area contributed by atoms with E-state index in [0.29, 0.717) is 5.25 Å². The van der Waals surface area contributed by atoms with E-state index in [1.165, 1.54) is 75.4 Å². The predicted octanol–water partition coefficient (Wildman–Crippen LogP) is 17.9. The second-order valence-electron chi connectivity index (χ2n) is 17.5. The predicted molar refractivity (Wildman–Crippen MR) is 284 cm³/mol. The van der Waals surface area contributed by atoms with Crippen LogP contribution in [0.1, 0.15) is 40.8 Å². The average Bonchev–Trinajstić information content (AvgIpc) is 4.12. The molecule has 1 aliphatic heterocycles. The molecule has 0 bridgehead atoms. The molecule has 2 atom stereocenters. The summed E-state index contributed by atoms with van der Waals surface area (Å²) in [6.45, 7) is 6.51. The second kappa shape index (κ2) is 15.4. The van der Waals surface area contributed by atoms with E-state index in [1.807, 2.05) is 23.1 Å². The van der Waals surface area contributed by atoms with Gasteiger partial charge in [0.2, 0.25) is 0 Å². The van der Waals surface area contributed by atoms with Gasteiger partial charge in [-0.2, -0.15) is 0 Å². The van der Waals surface area contributed by atoms with Gasteiger partial charge in [0.05, 0.1) is 11.2 Å². The van der Waals surface area contributed by atoms with E-state index in [0.717, 1.165) is 49.9 Å². The van der Waals surface area contributed by atoms with E-state index < -0.39 is 0 Å². The lowest BCUT2D eigenvalue weighted by molar-refractivity contribution is 0.672. The van der Waals surface area contributed by atoms with Crippen molar-refractivity contribution >= 4 is 105 Å². The van der Waals surface area contributed by atoms with Gasteiger partial charge in [-0.25, -0.2) is 0 Å². The Kier molecular flexibility index (Phi) is 9.13. The van der Waals surface area contributed by atoms with Crippen LogP contribution in [-0.2, 0) is 0 Å².